The fourth-order valence-corrected chi connectivity index (χ4v) is 1.27. The second-order valence-corrected chi connectivity index (χ2v) is 2.71. The monoisotopic (exact) mass is 139 g/mol. The van der Waals surface area contributed by atoms with Crippen molar-refractivity contribution >= 4 is 5.91 Å². The molecular formula is C8H13NO. The minimum atomic E-state index is 0.118. The normalized spacial score (nSPS) is 25.5. The molecule has 1 aliphatic rings. The van der Waals surface area contributed by atoms with Gasteiger partial charge in [0.05, 0.1) is 0 Å². The highest BCUT2D eigenvalue weighted by Crippen LogP contribution is 2.18. The first-order chi connectivity index (χ1) is 4.66. The molecule has 1 atom stereocenters. The van der Waals surface area contributed by atoms with Crippen LogP contribution in [-0.2, 0) is 4.79 Å². The predicted molar refractivity (Wildman–Crippen MR) is 40.6 cm³/mol. The molecule has 10 heavy (non-hydrogen) atoms. The molecular weight excluding hydrogens is 126 g/mol. The molecule has 0 fully saturated rings. The Morgan fingerprint density at radius 3 is 2.40 bits per heavy atom. The predicted octanol–water partition coefficient (Wildman–Crippen LogP) is 1.23. The Morgan fingerprint density at radius 1 is 1.60 bits per heavy atom. The molecule has 0 saturated heterocycles. The largest absolute Gasteiger partial charge is 0.346 e. The molecule has 0 bridgehead atoms. The zero-order valence-corrected chi connectivity index (χ0v) is 6.69. The van der Waals surface area contributed by atoms with Gasteiger partial charge in [-0.2, -0.15) is 0 Å². The Balaban J connectivity index is 2.90. The number of carbonyl (C=O) groups is 1. The molecule has 0 aliphatic carbocycles. The maximum absolute atomic E-state index is 11.1. The molecule has 56 valence electrons. The van der Waals surface area contributed by atoms with Gasteiger partial charge in [0.25, 0.3) is 0 Å². The van der Waals surface area contributed by atoms with Gasteiger partial charge in [-0.25, -0.2) is 0 Å². The summed E-state index contributed by atoms with van der Waals surface area (Å²) in [6.45, 7) is 6.04. The quantitative estimate of drug-likeness (QED) is 0.581. The summed E-state index contributed by atoms with van der Waals surface area (Å²) < 4.78 is 0. The van der Waals surface area contributed by atoms with Gasteiger partial charge in [-0.1, -0.05) is 6.92 Å². The molecule has 0 aromatic rings. The van der Waals surface area contributed by atoms with Crippen molar-refractivity contribution in [2.24, 2.45) is 0 Å². The lowest BCUT2D eigenvalue weighted by Gasteiger charge is -2.01. The van der Waals surface area contributed by atoms with Crippen LogP contribution in [0.1, 0.15) is 27.2 Å². The second-order valence-electron chi connectivity index (χ2n) is 2.71. The molecule has 0 aromatic heterocycles. The van der Waals surface area contributed by atoms with E-state index in [9.17, 15) is 4.79 Å². The van der Waals surface area contributed by atoms with Crippen LogP contribution in [0.4, 0.5) is 0 Å². The maximum Gasteiger partial charge on any atom is 0.247 e. The van der Waals surface area contributed by atoms with Gasteiger partial charge in [0.1, 0.15) is 0 Å². The van der Waals surface area contributed by atoms with Gasteiger partial charge in [0.2, 0.25) is 5.91 Å². The zero-order chi connectivity index (χ0) is 7.72. The summed E-state index contributed by atoms with van der Waals surface area (Å²) in [5.74, 6) is 0.118. The first-order valence-corrected chi connectivity index (χ1v) is 3.67. The van der Waals surface area contributed by atoms with E-state index in [0.717, 1.165) is 12.0 Å². The van der Waals surface area contributed by atoms with Crippen LogP contribution in [-0.4, -0.2) is 11.9 Å². The van der Waals surface area contributed by atoms with Crippen LogP contribution in [0, 0.1) is 0 Å². The van der Waals surface area contributed by atoms with E-state index in [4.69, 9.17) is 0 Å². The molecule has 0 saturated carbocycles. The Hall–Kier alpha value is -0.790. The van der Waals surface area contributed by atoms with Crippen molar-refractivity contribution in [3.8, 4) is 0 Å². The van der Waals surface area contributed by atoms with Crippen LogP contribution >= 0.6 is 0 Å². The summed E-state index contributed by atoms with van der Waals surface area (Å²) in [4.78, 5) is 11.1. The van der Waals surface area contributed by atoms with Gasteiger partial charge >= 0.3 is 0 Å². The van der Waals surface area contributed by atoms with E-state index >= 15 is 0 Å². The van der Waals surface area contributed by atoms with Gasteiger partial charge in [0, 0.05) is 11.6 Å². The van der Waals surface area contributed by atoms with Crippen LogP contribution in [0.3, 0.4) is 0 Å². The van der Waals surface area contributed by atoms with Crippen LogP contribution in [0.15, 0.2) is 11.1 Å². The average molecular weight is 139 g/mol. The topological polar surface area (TPSA) is 29.1 Å². The highest BCUT2D eigenvalue weighted by molar-refractivity contribution is 5.97. The third-order valence-corrected chi connectivity index (χ3v) is 2.10. The first-order valence-electron chi connectivity index (χ1n) is 3.67. The van der Waals surface area contributed by atoms with Crippen molar-refractivity contribution in [3.63, 3.8) is 0 Å². The number of carbonyl (C=O) groups excluding carboxylic acids is 1. The lowest BCUT2D eigenvalue weighted by atomic mass is 10.1. The SMILES string of the molecule is CCC1=C(C)C(C)NC1=O. The molecule has 1 N–H and O–H groups in total. The lowest BCUT2D eigenvalue weighted by Crippen LogP contribution is -2.25. The van der Waals surface area contributed by atoms with E-state index in [-0.39, 0.29) is 11.9 Å². The number of amides is 1. The number of rotatable bonds is 1. The fraction of sp³-hybridized carbons (Fsp3) is 0.625. The molecule has 1 heterocycles. The molecule has 1 unspecified atom stereocenters. The summed E-state index contributed by atoms with van der Waals surface area (Å²) in [7, 11) is 0. The summed E-state index contributed by atoms with van der Waals surface area (Å²) in [6, 6.07) is 0.252. The molecule has 1 aliphatic heterocycles. The third-order valence-electron chi connectivity index (χ3n) is 2.10. The molecule has 2 nitrogen and oxygen atoms in total. The Morgan fingerprint density at radius 2 is 2.20 bits per heavy atom. The highest BCUT2D eigenvalue weighted by Gasteiger charge is 2.23. The van der Waals surface area contributed by atoms with E-state index in [1.807, 2.05) is 20.8 Å². The molecule has 2 heteroatoms. The lowest BCUT2D eigenvalue weighted by molar-refractivity contribution is -0.117. The van der Waals surface area contributed by atoms with Crippen molar-refractivity contribution in [1.82, 2.24) is 5.32 Å². The standard InChI is InChI=1S/C8H13NO/c1-4-7-5(2)6(3)9-8(7)10/h6H,4H2,1-3H3,(H,9,10). The van der Waals surface area contributed by atoms with Crippen molar-refractivity contribution in [2.75, 3.05) is 0 Å². The van der Waals surface area contributed by atoms with Crippen LogP contribution in [0.5, 0.6) is 0 Å². The summed E-state index contributed by atoms with van der Waals surface area (Å²) in [5.41, 5.74) is 2.17. The van der Waals surface area contributed by atoms with E-state index in [0.29, 0.717) is 0 Å². The minimum absolute atomic E-state index is 0.118. The molecule has 0 radical (unpaired) electrons. The summed E-state index contributed by atoms with van der Waals surface area (Å²) in [6.07, 6.45) is 0.849. The van der Waals surface area contributed by atoms with Gasteiger partial charge < -0.3 is 5.32 Å². The second kappa shape index (κ2) is 2.45. The number of nitrogens with one attached hydrogen (secondary N) is 1. The maximum atomic E-state index is 11.1. The van der Waals surface area contributed by atoms with Crippen molar-refractivity contribution in [3.05, 3.63) is 11.1 Å². The van der Waals surface area contributed by atoms with Gasteiger partial charge in [-0.3, -0.25) is 4.79 Å². The Labute approximate surface area is 61.3 Å². The molecule has 0 aromatic carbocycles. The fourth-order valence-electron chi connectivity index (χ4n) is 1.27. The summed E-state index contributed by atoms with van der Waals surface area (Å²) >= 11 is 0. The van der Waals surface area contributed by atoms with Crippen molar-refractivity contribution in [2.45, 2.75) is 33.2 Å². The highest BCUT2D eigenvalue weighted by atomic mass is 16.2. The molecule has 1 rings (SSSR count). The van der Waals surface area contributed by atoms with E-state index in [1.54, 1.807) is 0 Å². The summed E-state index contributed by atoms with van der Waals surface area (Å²) in [5, 5.41) is 2.85. The van der Waals surface area contributed by atoms with Gasteiger partial charge in [0.15, 0.2) is 0 Å². The zero-order valence-electron chi connectivity index (χ0n) is 6.69. The minimum Gasteiger partial charge on any atom is -0.346 e. The number of hydrogen-bond donors (Lipinski definition) is 1. The van der Waals surface area contributed by atoms with Crippen LogP contribution in [0.2, 0.25) is 0 Å². The Bertz CT molecular complexity index is 193. The van der Waals surface area contributed by atoms with Gasteiger partial charge in [-0.05, 0) is 25.8 Å². The van der Waals surface area contributed by atoms with Crippen molar-refractivity contribution < 1.29 is 4.79 Å². The average Bonchev–Trinajstić information content (AvgIpc) is 2.09. The van der Waals surface area contributed by atoms with E-state index < -0.39 is 0 Å². The van der Waals surface area contributed by atoms with Crippen LogP contribution in [0.25, 0.3) is 0 Å². The van der Waals surface area contributed by atoms with Crippen molar-refractivity contribution in [1.29, 1.82) is 0 Å². The Kier molecular flexibility index (Phi) is 1.79. The third kappa shape index (κ3) is 0.939. The molecule has 0 spiro atoms. The van der Waals surface area contributed by atoms with Crippen LogP contribution < -0.4 is 5.32 Å². The van der Waals surface area contributed by atoms with Gasteiger partial charge in [-0.15, -0.1) is 0 Å². The first kappa shape index (κ1) is 7.32. The smallest absolute Gasteiger partial charge is 0.247 e. The van der Waals surface area contributed by atoms with E-state index in [2.05, 4.69) is 5.32 Å². The van der Waals surface area contributed by atoms with E-state index in [1.165, 1.54) is 5.57 Å². The molecule has 1 amide bonds. The number of hydrogen-bond acceptors (Lipinski definition) is 1.